The van der Waals surface area contributed by atoms with Crippen LogP contribution in [0.4, 0.5) is 5.69 Å². The number of carbonyl (C=O) groups excluding carboxylic acids is 2. The molecule has 0 saturated heterocycles. The molecule has 0 spiro atoms. The topological polar surface area (TPSA) is 71.3 Å². The number of rotatable bonds is 5. The molecule has 2 N–H and O–H groups in total. The van der Waals surface area contributed by atoms with Crippen molar-refractivity contribution in [2.24, 2.45) is 0 Å². The highest BCUT2D eigenvalue weighted by Crippen LogP contribution is 2.15. The Kier molecular flexibility index (Phi) is 5.74. The van der Waals surface area contributed by atoms with E-state index in [-0.39, 0.29) is 11.6 Å². The Bertz CT molecular complexity index is 960. The predicted molar refractivity (Wildman–Crippen MR) is 105 cm³/mol. The number of anilines is 1. The number of carbonyl (C=O) groups is 2. The SMILES string of the molecule is Cc1ccc(C(=O)NC(=Cc2ccco2)C(=O)Nc2ccc(Cl)cc2)cc1. The van der Waals surface area contributed by atoms with E-state index in [0.717, 1.165) is 5.56 Å². The predicted octanol–water partition coefficient (Wildman–Crippen LogP) is 4.65. The standard InChI is InChI=1S/C21H17ClN2O3/c1-14-4-6-15(7-5-14)20(25)24-19(13-18-3-2-12-27-18)21(26)23-17-10-8-16(22)9-11-17/h2-13H,1H3,(H,23,26)(H,24,25). The normalized spacial score (nSPS) is 11.1. The van der Waals surface area contributed by atoms with Gasteiger partial charge in [-0.05, 0) is 55.5 Å². The summed E-state index contributed by atoms with van der Waals surface area (Å²) < 4.78 is 5.26. The van der Waals surface area contributed by atoms with Gasteiger partial charge in [0.25, 0.3) is 11.8 Å². The first kappa shape index (κ1) is 18.5. The minimum Gasteiger partial charge on any atom is -0.465 e. The van der Waals surface area contributed by atoms with Crippen LogP contribution in [-0.2, 0) is 4.79 Å². The fraction of sp³-hybridized carbons (Fsp3) is 0.0476. The van der Waals surface area contributed by atoms with Crippen LogP contribution in [0, 0.1) is 6.92 Å². The largest absolute Gasteiger partial charge is 0.465 e. The molecule has 0 fully saturated rings. The maximum Gasteiger partial charge on any atom is 0.272 e. The third kappa shape index (κ3) is 5.09. The van der Waals surface area contributed by atoms with Gasteiger partial charge in [-0.15, -0.1) is 0 Å². The van der Waals surface area contributed by atoms with E-state index >= 15 is 0 Å². The van der Waals surface area contributed by atoms with Crippen molar-refractivity contribution in [2.75, 3.05) is 5.32 Å². The number of halogens is 1. The first-order valence-electron chi connectivity index (χ1n) is 8.21. The Morgan fingerprint density at radius 3 is 2.33 bits per heavy atom. The van der Waals surface area contributed by atoms with E-state index in [4.69, 9.17) is 16.0 Å². The minimum absolute atomic E-state index is 0.0606. The molecule has 0 aliphatic rings. The first-order valence-corrected chi connectivity index (χ1v) is 8.59. The smallest absolute Gasteiger partial charge is 0.272 e. The van der Waals surface area contributed by atoms with E-state index in [2.05, 4.69) is 10.6 Å². The minimum atomic E-state index is -0.478. The molecule has 6 heteroatoms. The molecule has 2 aromatic carbocycles. The van der Waals surface area contributed by atoms with Crippen LogP contribution in [0.3, 0.4) is 0 Å². The number of amides is 2. The van der Waals surface area contributed by atoms with Crippen molar-refractivity contribution in [3.05, 3.63) is 94.5 Å². The van der Waals surface area contributed by atoms with Crippen LogP contribution in [0.25, 0.3) is 6.08 Å². The van der Waals surface area contributed by atoms with Crippen LogP contribution < -0.4 is 10.6 Å². The molecule has 0 atom stereocenters. The molecule has 0 bridgehead atoms. The lowest BCUT2D eigenvalue weighted by molar-refractivity contribution is -0.113. The van der Waals surface area contributed by atoms with Gasteiger partial charge in [0.05, 0.1) is 6.26 Å². The lowest BCUT2D eigenvalue weighted by Gasteiger charge is -2.11. The van der Waals surface area contributed by atoms with Gasteiger partial charge in [0.2, 0.25) is 0 Å². The van der Waals surface area contributed by atoms with Crippen LogP contribution in [0.2, 0.25) is 5.02 Å². The molecule has 0 aliphatic carbocycles. The summed E-state index contributed by atoms with van der Waals surface area (Å²) in [5, 5.41) is 5.93. The van der Waals surface area contributed by atoms with Crippen molar-refractivity contribution < 1.29 is 14.0 Å². The lowest BCUT2D eigenvalue weighted by atomic mass is 10.1. The van der Waals surface area contributed by atoms with E-state index in [1.165, 1.54) is 12.3 Å². The molecule has 27 heavy (non-hydrogen) atoms. The quantitative estimate of drug-likeness (QED) is 0.633. The van der Waals surface area contributed by atoms with Gasteiger partial charge < -0.3 is 15.1 Å². The molecule has 0 radical (unpaired) electrons. The zero-order chi connectivity index (χ0) is 19.2. The number of nitrogens with one attached hydrogen (secondary N) is 2. The van der Waals surface area contributed by atoms with Crippen molar-refractivity contribution in [1.82, 2.24) is 5.32 Å². The van der Waals surface area contributed by atoms with E-state index in [0.29, 0.717) is 22.0 Å². The Morgan fingerprint density at radius 2 is 1.70 bits per heavy atom. The second-order valence-corrected chi connectivity index (χ2v) is 6.29. The Balaban J connectivity index is 1.82. The van der Waals surface area contributed by atoms with E-state index in [9.17, 15) is 9.59 Å². The summed E-state index contributed by atoms with van der Waals surface area (Å²) in [5.74, 6) is -0.422. The van der Waals surface area contributed by atoms with E-state index < -0.39 is 5.91 Å². The van der Waals surface area contributed by atoms with Crippen molar-refractivity contribution in [1.29, 1.82) is 0 Å². The molecule has 3 rings (SSSR count). The van der Waals surface area contributed by atoms with Crippen molar-refractivity contribution in [3.63, 3.8) is 0 Å². The lowest BCUT2D eigenvalue weighted by Crippen LogP contribution is -2.30. The van der Waals surface area contributed by atoms with Gasteiger partial charge in [-0.2, -0.15) is 0 Å². The van der Waals surface area contributed by atoms with Gasteiger partial charge in [0.15, 0.2) is 0 Å². The maximum absolute atomic E-state index is 12.7. The van der Waals surface area contributed by atoms with Gasteiger partial charge in [-0.3, -0.25) is 9.59 Å². The van der Waals surface area contributed by atoms with Gasteiger partial charge in [0, 0.05) is 22.3 Å². The van der Waals surface area contributed by atoms with E-state index in [1.807, 2.05) is 19.1 Å². The molecule has 1 aromatic heterocycles. The molecule has 2 amide bonds. The van der Waals surface area contributed by atoms with Crippen molar-refractivity contribution >= 4 is 35.2 Å². The first-order chi connectivity index (χ1) is 13.0. The molecule has 3 aromatic rings. The average Bonchev–Trinajstić information content (AvgIpc) is 3.16. The molecule has 0 saturated carbocycles. The summed E-state index contributed by atoms with van der Waals surface area (Å²) in [6, 6.07) is 17.1. The highest BCUT2D eigenvalue weighted by Gasteiger charge is 2.15. The van der Waals surface area contributed by atoms with Crippen molar-refractivity contribution in [2.45, 2.75) is 6.92 Å². The fourth-order valence-electron chi connectivity index (χ4n) is 2.31. The number of furan rings is 1. The zero-order valence-corrected chi connectivity index (χ0v) is 15.3. The number of hydrogen-bond donors (Lipinski definition) is 2. The van der Waals surface area contributed by atoms with Gasteiger partial charge >= 0.3 is 0 Å². The summed E-state index contributed by atoms with van der Waals surface area (Å²) >= 11 is 5.86. The Morgan fingerprint density at radius 1 is 1.00 bits per heavy atom. The highest BCUT2D eigenvalue weighted by molar-refractivity contribution is 6.30. The molecular weight excluding hydrogens is 364 g/mol. The number of aryl methyl sites for hydroxylation is 1. The maximum atomic E-state index is 12.7. The zero-order valence-electron chi connectivity index (χ0n) is 14.5. The third-order valence-electron chi connectivity index (χ3n) is 3.74. The van der Waals surface area contributed by atoms with Crippen LogP contribution in [-0.4, -0.2) is 11.8 Å². The Hall–Kier alpha value is -3.31. The monoisotopic (exact) mass is 380 g/mol. The summed E-state index contributed by atoms with van der Waals surface area (Å²) in [6.45, 7) is 1.93. The molecule has 136 valence electrons. The van der Waals surface area contributed by atoms with Crippen LogP contribution in [0.15, 0.2) is 77.0 Å². The molecule has 1 heterocycles. The van der Waals surface area contributed by atoms with Gasteiger partial charge in [0.1, 0.15) is 11.5 Å². The fourth-order valence-corrected chi connectivity index (χ4v) is 2.43. The van der Waals surface area contributed by atoms with Gasteiger partial charge in [-0.1, -0.05) is 29.3 Å². The summed E-state index contributed by atoms with van der Waals surface area (Å²) in [5.41, 5.74) is 2.11. The van der Waals surface area contributed by atoms with Crippen LogP contribution in [0.1, 0.15) is 21.7 Å². The number of hydrogen-bond acceptors (Lipinski definition) is 3. The number of benzene rings is 2. The summed E-state index contributed by atoms with van der Waals surface area (Å²) in [6.07, 6.45) is 2.96. The van der Waals surface area contributed by atoms with Crippen LogP contribution >= 0.6 is 11.6 Å². The Labute approximate surface area is 161 Å². The average molecular weight is 381 g/mol. The van der Waals surface area contributed by atoms with Crippen LogP contribution in [0.5, 0.6) is 0 Å². The third-order valence-corrected chi connectivity index (χ3v) is 3.99. The summed E-state index contributed by atoms with van der Waals surface area (Å²) in [7, 11) is 0. The molecule has 0 unspecified atom stereocenters. The molecular formula is C21H17ClN2O3. The molecule has 5 nitrogen and oxygen atoms in total. The van der Waals surface area contributed by atoms with Crippen molar-refractivity contribution in [3.8, 4) is 0 Å². The second kappa shape index (κ2) is 8.38. The summed E-state index contributed by atoms with van der Waals surface area (Å²) in [4.78, 5) is 25.2. The highest BCUT2D eigenvalue weighted by atomic mass is 35.5. The second-order valence-electron chi connectivity index (χ2n) is 5.85. The molecule has 0 aliphatic heterocycles. The van der Waals surface area contributed by atoms with Gasteiger partial charge in [-0.25, -0.2) is 0 Å². The van der Waals surface area contributed by atoms with E-state index in [1.54, 1.807) is 48.5 Å².